The quantitative estimate of drug-likeness (QED) is 0.875. The predicted molar refractivity (Wildman–Crippen MR) is 98.0 cm³/mol. The van der Waals surface area contributed by atoms with Crippen LogP contribution < -0.4 is 5.32 Å². The maximum Gasteiger partial charge on any atom is 0.237 e. The highest BCUT2D eigenvalue weighted by Crippen LogP contribution is 2.32. The van der Waals surface area contributed by atoms with Crippen LogP contribution in [0, 0.1) is 0 Å². The molecule has 1 aliphatic rings. The van der Waals surface area contributed by atoms with Crippen LogP contribution in [0.15, 0.2) is 42.9 Å². The van der Waals surface area contributed by atoms with Crippen molar-refractivity contribution in [1.82, 2.24) is 19.8 Å². The SMILES string of the molecule is CNc1cc(C2CCCN2C(=O)CN(C)Cc2cccnc2)ccn1. The van der Waals surface area contributed by atoms with Crippen molar-refractivity contribution in [3.05, 3.63) is 54.0 Å². The Balaban J connectivity index is 1.64. The van der Waals surface area contributed by atoms with Gasteiger partial charge in [-0.05, 0) is 49.2 Å². The summed E-state index contributed by atoms with van der Waals surface area (Å²) in [7, 11) is 3.83. The summed E-state index contributed by atoms with van der Waals surface area (Å²) in [5.74, 6) is 1.02. The molecule has 1 atom stereocenters. The van der Waals surface area contributed by atoms with Crippen LogP contribution in [0.1, 0.15) is 30.0 Å². The summed E-state index contributed by atoms with van der Waals surface area (Å²) in [4.78, 5) is 25.3. The monoisotopic (exact) mass is 339 g/mol. The largest absolute Gasteiger partial charge is 0.373 e. The zero-order valence-corrected chi connectivity index (χ0v) is 14.9. The van der Waals surface area contributed by atoms with Gasteiger partial charge in [0.15, 0.2) is 0 Å². The highest BCUT2D eigenvalue weighted by molar-refractivity contribution is 5.79. The Bertz CT molecular complexity index is 706. The van der Waals surface area contributed by atoms with Crippen molar-refractivity contribution in [3.63, 3.8) is 0 Å². The third-order valence-corrected chi connectivity index (χ3v) is 4.58. The molecule has 0 spiro atoms. The van der Waals surface area contributed by atoms with Crippen molar-refractivity contribution in [2.75, 3.05) is 32.5 Å². The third kappa shape index (κ3) is 4.33. The van der Waals surface area contributed by atoms with E-state index in [1.54, 1.807) is 12.4 Å². The number of likely N-dealkylation sites (N-methyl/N-ethyl adjacent to an activating group) is 1. The van der Waals surface area contributed by atoms with Gasteiger partial charge in [-0.25, -0.2) is 4.98 Å². The number of hydrogen-bond acceptors (Lipinski definition) is 5. The van der Waals surface area contributed by atoms with Crippen LogP contribution in [-0.2, 0) is 11.3 Å². The minimum atomic E-state index is 0.148. The van der Waals surface area contributed by atoms with Crippen molar-refractivity contribution in [2.45, 2.75) is 25.4 Å². The van der Waals surface area contributed by atoms with Crippen LogP contribution in [-0.4, -0.2) is 52.9 Å². The normalized spacial score (nSPS) is 17.1. The van der Waals surface area contributed by atoms with Gasteiger partial charge in [-0.15, -0.1) is 0 Å². The minimum absolute atomic E-state index is 0.148. The Morgan fingerprint density at radius 1 is 1.40 bits per heavy atom. The minimum Gasteiger partial charge on any atom is -0.373 e. The lowest BCUT2D eigenvalue weighted by Gasteiger charge is -2.27. The lowest BCUT2D eigenvalue weighted by atomic mass is 10.1. The average molecular weight is 339 g/mol. The van der Waals surface area contributed by atoms with E-state index in [4.69, 9.17) is 0 Å². The molecular weight excluding hydrogens is 314 g/mol. The molecule has 2 aromatic heterocycles. The topological polar surface area (TPSA) is 61.4 Å². The number of rotatable bonds is 6. The summed E-state index contributed by atoms with van der Waals surface area (Å²) in [6.45, 7) is 1.95. The second-order valence-corrected chi connectivity index (χ2v) is 6.50. The molecule has 1 unspecified atom stereocenters. The predicted octanol–water partition coefficient (Wildman–Crippen LogP) is 2.31. The van der Waals surface area contributed by atoms with Crippen molar-refractivity contribution in [2.24, 2.45) is 0 Å². The van der Waals surface area contributed by atoms with Gasteiger partial charge < -0.3 is 10.2 Å². The number of carbonyl (C=O) groups is 1. The summed E-state index contributed by atoms with van der Waals surface area (Å²) in [6, 6.07) is 8.15. The Morgan fingerprint density at radius 3 is 3.04 bits per heavy atom. The lowest BCUT2D eigenvalue weighted by molar-refractivity contribution is -0.133. The molecule has 1 N–H and O–H groups in total. The maximum absolute atomic E-state index is 12.8. The van der Waals surface area contributed by atoms with Gasteiger partial charge in [-0.1, -0.05) is 6.07 Å². The summed E-state index contributed by atoms with van der Waals surface area (Å²) in [5.41, 5.74) is 2.27. The first-order chi connectivity index (χ1) is 12.2. The number of carbonyl (C=O) groups excluding carboxylic acids is 1. The van der Waals surface area contributed by atoms with Gasteiger partial charge in [-0.3, -0.25) is 14.7 Å². The van der Waals surface area contributed by atoms with Crippen molar-refractivity contribution >= 4 is 11.7 Å². The van der Waals surface area contributed by atoms with E-state index in [-0.39, 0.29) is 11.9 Å². The number of amides is 1. The molecule has 0 saturated carbocycles. The molecule has 0 aliphatic carbocycles. The van der Waals surface area contributed by atoms with Gasteiger partial charge in [0.1, 0.15) is 5.82 Å². The number of nitrogens with zero attached hydrogens (tertiary/aromatic N) is 4. The van der Waals surface area contributed by atoms with Crippen LogP contribution in [0.25, 0.3) is 0 Å². The van der Waals surface area contributed by atoms with E-state index in [1.807, 2.05) is 54.4 Å². The van der Waals surface area contributed by atoms with Crippen LogP contribution >= 0.6 is 0 Å². The molecule has 1 amide bonds. The maximum atomic E-state index is 12.8. The van der Waals surface area contributed by atoms with Gasteiger partial charge in [-0.2, -0.15) is 0 Å². The second-order valence-electron chi connectivity index (χ2n) is 6.50. The zero-order valence-electron chi connectivity index (χ0n) is 14.9. The molecule has 6 nitrogen and oxygen atoms in total. The molecule has 2 aromatic rings. The smallest absolute Gasteiger partial charge is 0.237 e. The summed E-state index contributed by atoms with van der Waals surface area (Å²) in [5, 5.41) is 3.07. The Labute approximate surface area is 148 Å². The molecule has 3 heterocycles. The summed E-state index contributed by atoms with van der Waals surface area (Å²) in [6.07, 6.45) is 7.45. The second kappa shape index (κ2) is 8.07. The standard InChI is InChI=1S/C19H25N5O/c1-20-18-11-16(7-9-22-18)17-6-4-10-24(17)19(25)14-23(2)13-15-5-3-8-21-12-15/h3,5,7-9,11-12,17H,4,6,10,13-14H2,1-2H3,(H,20,22). The first-order valence-corrected chi connectivity index (χ1v) is 8.68. The number of pyridine rings is 2. The van der Waals surface area contributed by atoms with Crippen molar-refractivity contribution in [1.29, 1.82) is 0 Å². The van der Waals surface area contributed by atoms with Crippen LogP contribution in [0.3, 0.4) is 0 Å². The molecule has 132 valence electrons. The van der Waals surface area contributed by atoms with Gasteiger partial charge in [0.05, 0.1) is 12.6 Å². The fraction of sp³-hybridized carbons (Fsp3) is 0.421. The number of aromatic nitrogens is 2. The lowest BCUT2D eigenvalue weighted by Crippen LogP contribution is -2.38. The Kier molecular flexibility index (Phi) is 5.60. The fourth-order valence-electron chi connectivity index (χ4n) is 3.38. The Morgan fingerprint density at radius 2 is 2.28 bits per heavy atom. The van der Waals surface area contributed by atoms with Crippen LogP contribution in [0.4, 0.5) is 5.82 Å². The van der Waals surface area contributed by atoms with E-state index in [0.29, 0.717) is 6.54 Å². The van der Waals surface area contributed by atoms with Crippen LogP contribution in [0.5, 0.6) is 0 Å². The molecule has 3 rings (SSSR count). The number of anilines is 1. The van der Waals surface area contributed by atoms with E-state index in [9.17, 15) is 4.79 Å². The molecule has 25 heavy (non-hydrogen) atoms. The van der Waals surface area contributed by atoms with E-state index in [0.717, 1.165) is 42.9 Å². The first-order valence-electron chi connectivity index (χ1n) is 8.68. The highest BCUT2D eigenvalue weighted by Gasteiger charge is 2.30. The van der Waals surface area contributed by atoms with Crippen molar-refractivity contribution < 1.29 is 4.79 Å². The van der Waals surface area contributed by atoms with E-state index in [2.05, 4.69) is 15.3 Å². The van der Waals surface area contributed by atoms with E-state index >= 15 is 0 Å². The molecule has 0 bridgehead atoms. The molecule has 0 radical (unpaired) electrons. The number of likely N-dealkylation sites (tertiary alicyclic amines) is 1. The van der Waals surface area contributed by atoms with Gasteiger partial charge >= 0.3 is 0 Å². The fourth-order valence-corrected chi connectivity index (χ4v) is 3.38. The molecular formula is C19H25N5O. The van der Waals surface area contributed by atoms with Gasteiger partial charge in [0.25, 0.3) is 0 Å². The average Bonchev–Trinajstić information content (AvgIpc) is 3.12. The Hall–Kier alpha value is -2.47. The third-order valence-electron chi connectivity index (χ3n) is 4.58. The molecule has 0 aromatic carbocycles. The molecule has 1 fully saturated rings. The van der Waals surface area contributed by atoms with E-state index < -0.39 is 0 Å². The molecule has 6 heteroatoms. The molecule has 1 saturated heterocycles. The number of nitrogens with one attached hydrogen (secondary N) is 1. The van der Waals surface area contributed by atoms with E-state index in [1.165, 1.54) is 0 Å². The summed E-state index contributed by atoms with van der Waals surface area (Å²) < 4.78 is 0. The molecule has 1 aliphatic heterocycles. The highest BCUT2D eigenvalue weighted by atomic mass is 16.2. The van der Waals surface area contributed by atoms with Gasteiger partial charge in [0.2, 0.25) is 5.91 Å². The number of hydrogen-bond donors (Lipinski definition) is 1. The summed E-state index contributed by atoms with van der Waals surface area (Å²) >= 11 is 0. The van der Waals surface area contributed by atoms with Crippen LogP contribution in [0.2, 0.25) is 0 Å². The first kappa shape index (κ1) is 17.4. The zero-order chi connectivity index (χ0) is 17.6. The van der Waals surface area contributed by atoms with Gasteiger partial charge in [0, 0.05) is 38.7 Å². The van der Waals surface area contributed by atoms with Crippen molar-refractivity contribution in [3.8, 4) is 0 Å².